The van der Waals surface area contributed by atoms with Gasteiger partial charge in [-0.15, -0.1) is 0 Å². The van der Waals surface area contributed by atoms with Crippen molar-refractivity contribution in [3.8, 4) is 5.88 Å². The van der Waals surface area contributed by atoms with Crippen LogP contribution in [0.1, 0.15) is 24.1 Å². The molecule has 33 heavy (non-hydrogen) atoms. The second kappa shape index (κ2) is 9.77. The molecule has 13 heteroatoms. The van der Waals surface area contributed by atoms with Gasteiger partial charge in [0.15, 0.2) is 6.61 Å². The quantitative estimate of drug-likeness (QED) is 0.494. The van der Waals surface area contributed by atoms with Crippen molar-refractivity contribution >= 4 is 23.5 Å². The van der Waals surface area contributed by atoms with Gasteiger partial charge in [-0.05, 0) is 24.6 Å². The zero-order valence-electron chi connectivity index (χ0n) is 17.0. The van der Waals surface area contributed by atoms with E-state index in [1.807, 2.05) is 0 Å². The Kier molecular flexibility index (Phi) is 7.25. The number of piperazine rings is 1. The predicted molar refractivity (Wildman–Crippen MR) is 107 cm³/mol. The van der Waals surface area contributed by atoms with Crippen LogP contribution < -0.4 is 15.4 Å². The third-order valence-corrected chi connectivity index (χ3v) is 5.23. The predicted octanol–water partition coefficient (Wildman–Crippen LogP) is 3.57. The van der Waals surface area contributed by atoms with E-state index in [4.69, 9.17) is 11.6 Å². The fraction of sp³-hybridized carbons (Fsp3) is 0.350. The molecule has 2 N–H and O–H groups in total. The van der Waals surface area contributed by atoms with Crippen molar-refractivity contribution in [1.82, 2.24) is 20.5 Å². The van der Waals surface area contributed by atoms with Gasteiger partial charge in [0, 0.05) is 30.9 Å². The van der Waals surface area contributed by atoms with Crippen molar-refractivity contribution < 1.29 is 36.3 Å². The molecule has 0 aliphatic carbocycles. The van der Waals surface area contributed by atoms with Crippen molar-refractivity contribution in [2.45, 2.75) is 25.2 Å². The molecular weight excluding hydrogens is 475 g/mol. The molecule has 1 aromatic carbocycles. The zero-order valence-corrected chi connectivity index (χ0v) is 17.8. The van der Waals surface area contributed by atoms with Gasteiger partial charge in [0.25, 0.3) is 0 Å². The van der Waals surface area contributed by atoms with Crippen LogP contribution >= 0.6 is 11.6 Å². The van der Waals surface area contributed by atoms with Crippen LogP contribution in [-0.4, -0.2) is 53.7 Å². The van der Waals surface area contributed by atoms with Gasteiger partial charge in [0.1, 0.15) is 22.7 Å². The average molecular weight is 493 g/mol. The highest BCUT2D eigenvalue weighted by Crippen LogP contribution is 2.31. The number of nitrogens with zero attached hydrogens (tertiary/aromatic N) is 2. The Morgan fingerprint density at radius 1 is 1.33 bits per heavy atom. The molecule has 0 bridgehead atoms. The van der Waals surface area contributed by atoms with Crippen LogP contribution in [0, 0.1) is 11.6 Å². The lowest BCUT2D eigenvalue weighted by Gasteiger charge is -2.34. The molecule has 1 fully saturated rings. The van der Waals surface area contributed by atoms with E-state index in [1.165, 1.54) is 17.9 Å². The molecular formula is C20H18ClF5N4O3. The van der Waals surface area contributed by atoms with Gasteiger partial charge >= 0.3 is 12.2 Å². The monoisotopic (exact) mass is 492 g/mol. The molecule has 2 unspecified atom stereocenters. The van der Waals surface area contributed by atoms with E-state index in [0.717, 1.165) is 24.4 Å². The maximum Gasteiger partial charge on any atom is 0.422 e. The number of amides is 3. The average Bonchev–Trinajstić information content (AvgIpc) is 2.76. The van der Waals surface area contributed by atoms with Crippen molar-refractivity contribution in [2.75, 3.05) is 19.7 Å². The summed E-state index contributed by atoms with van der Waals surface area (Å²) in [5.41, 5.74) is -0.0620. The number of rotatable bonds is 5. The number of hydrogen-bond acceptors (Lipinski definition) is 4. The third kappa shape index (κ3) is 5.81. The number of hydrogen-bond donors (Lipinski definition) is 2. The number of aromatic nitrogens is 1. The van der Waals surface area contributed by atoms with Gasteiger partial charge < -0.3 is 20.3 Å². The number of halogens is 6. The molecule has 2 heterocycles. The van der Waals surface area contributed by atoms with E-state index in [2.05, 4.69) is 20.4 Å². The van der Waals surface area contributed by atoms with Crippen LogP contribution in [-0.2, 0) is 4.79 Å². The number of ether oxygens (including phenoxy) is 1. The molecule has 0 radical (unpaired) electrons. The Bertz CT molecular complexity index is 1040. The van der Waals surface area contributed by atoms with Crippen LogP contribution in [0.3, 0.4) is 0 Å². The summed E-state index contributed by atoms with van der Waals surface area (Å²) in [6, 6.07) is 1.58. The second-order valence-electron chi connectivity index (χ2n) is 7.14. The Labute approximate surface area is 189 Å². The summed E-state index contributed by atoms with van der Waals surface area (Å²) in [6.45, 7) is 0.342. The van der Waals surface area contributed by atoms with Crippen molar-refractivity contribution in [1.29, 1.82) is 0 Å². The molecule has 7 nitrogen and oxygen atoms in total. The molecule has 0 saturated carbocycles. The summed E-state index contributed by atoms with van der Waals surface area (Å²) < 4.78 is 70.1. The van der Waals surface area contributed by atoms with E-state index in [1.54, 1.807) is 0 Å². The fourth-order valence-electron chi connectivity index (χ4n) is 3.17. The summed E-state index contributed by atoms with van der Waals surface area (Å²) in [7, 11) is 0. The van der Waals surface area contributed by atoms with Gasteiger partial charge in [-0.3, -0.25) is 4.79 Å². The first kappa shape index (κ1) is 24.5. The second-order valence-corrected chi connectivity index (χ2v) is 7.52. The molecule has 3 amide bonds. The molecule has 1 aliphatic rings. The molecule has 3 rings (SSSR count). The number of carbonyl (C=O) groups excluding carboxylic acids is 2. The first-order chi connectivity index (χ1) is 15.5. The smallest absolute Gasteiger partial charge is 0.422 e. The normalized spacial score (nSPS) is 17.4. The number of carbonyl (C=O) groups is 2. The van der Waals surface area contributed by atoms with E-state index in [-0.39, 0.29) is 36.0 Å². The number of urea groups is 1. The summed E-state index contributed by atoms with van der Waals surface area (Å²) in [5.74, 6) is -2.88. The van der Waals surface area contributed by atoms with Gasteiger partial charge in [0.2, 0.25) is 11.8 Å². The number of alkyl halides is 3. The van der Waals surface area contributed by atoms with Crippen LogP contribution in [0.5, 0.6) is 5.88 Å². The molecule has 0 spiro atoms. The molecule has 178 valence electrons. The molecule has 2 atom stereocenters. The van der Waals surface area contributed by atoms with Crippen molar-refractivity contribution in [3.05, 3.63) is 58.2 Å². The Balaban J connectivity index is 1.92. The van der Waals surface area contributed by atoms with E-state index in [9.17, 15) is 31.5 Å². The zero-order chi connectivity index (χ0) is 24.3. The van der Waals surface area contributed by atoms with E-state index in [0.29, 0.717) is 0 Å². The largest absolute Gasteiger partial charge is 0.468 e. The maximum atomic E-state index is 14.8. The summed E-state index contributed by atoms with van der Waals surface area (Å²) in [5, 5.41) is 4.36. The van der Waals surface area contributed by atoms with Gasteiger partial charge in [-0.2, -0.15) is 13.2 Å². The number of pyridine rings is 1. The van der Waals surface area contributed by atoms with Crippen LogP contribution in [0.25, 0.3) is 0 Å². The SMILES string of the molecule is CC1C(=O)NCCN1C(=O)NC(c1ccc(OCC(F)(F)F)nc1)c1ccc(F)c(Cl)c1F. The maximum absolute atomic E-state index is 14.8. The lowest BCUT2D eigenvalue weighted by atomic mass is 9.99. The molecule has 2 aromatic rings. The van der Waals surface area contributed by atoms with E-state index < -0.39 is 47.6 Å². The first-order valence-corrected chi connectivity index (χ1v) is 9.99. The summed E-state index contributed by atoms with van der Waals surface area (Å²) in [6.07, 6.45) is -3.48. The molecule has 1 aliphatic heterocycles. The van der Waals surface area contributed by atoms with E-state index >= 15 is 0 Å². The topological polar surface area (TPSA) is 83.6 Å². The fourth-order valence-corrected chi connectivity index (χ4v) is 3.35. The lowest BCUT2D eigenvalue weighted by Crippen LogP contribution is -2.58. The Morgan fingerprint density at radius 3 is 2.70 bits per heavy atom. The Morgan fingerprint density at radius 2 is 2.06 bits per heavy atom. The minimum absolute atomic E-state index is 0.151. The summed E-state index contributed by atoms with van der Waals surface area (Å²) in [4.78, 5) is 29.8. The highest BCUT2D eigenvalue weighted by Gasteiger charge is 2.32. The standard InChI is InChI=1S/C20H18ClF5N4O3/c1-10-18(31)27-6-7-30(10)19(32)29-17(12-3-4-13(22)15(21)16(12)23)11-2-5-14(28-8-11)33-9-20(24,25)26/h2-5,8,10,17H,6-7,9H2,1H3,(H,27,31)(H,29,32). The lowest BCUT2D eigenvalue weighted by molar-refractivity contribution is -0.154. The highest BCUT2D eigenvalue weighted by atomic mass is 35.5. The van der Waals surface area contributed by atoms with Gasteiger partial charge in [0.05, 0.1) is 6.04 Å². The molecule has 1 saturated heterocycles. The van der Waals surface area contributed by atoms with Gasteiger partial charge in [-0.1, -0.05) is 17.7 Å². The third-order valence-electron chi connectivity index (χ3n) is 4.88. The molecule has 1 aromatic heterocycles. The highest BCUT2D eigenvalue weighted by molar-refractivity contribution is 6.31. The number of nitrogens with one attached hydrogen (secondary N) is 2. The van der Waals surface area contributed by atoms with Crippen molar-refractivity contribution in [2.24, 2.45) is 0 Å². The minimum Gasteiger partial charge on any atom is -0.468 e. The van der Waals surface area contributed by atoms with Crippen LogP contribution in [0.2, 0.25) is 5.02 Å². The summed E-state index contributed by atoms with van der Waals surface area (Å²) >= 11 is 5.68. The number of benzene rings is 1. The first-order valence-electron chi connectivity index (χ1n) is 9.61. The van der Waals surface area contributed by atoms with Crippen LogP contribution in [0.15, 0.2) is 30.5 Å². The van der Waals surface area contributed by atoms with Crippen molar-refractivity contribution in [3.63, 3.8) is 0 Å². The van der Waals surface area contributed by atoms with Gasteiger partial charge in [-0.25, -0.2) is 18.6 Å². The minimum atomic E-state index is -4.57. The Hall–Kier alpha value is -3.15. The van der Waals surface area contributed by atoms with Crippen LogP contribution in [0.4, 0.5) is 26.7 Å².